The molecule has 9 heteroatoms. The van der Waals surface area contributed by atoms with Crippen LogP contribution in [-0.2, 0) is 6.61 Å². The maximum atomic E-state index is 12.8. The predicted octanol–water partition coefficient (Wildman–Crippen LogP) is 3.93. The fourth-order valence-electron chi connectivity index (χ4n) is 3.14. The van der Waals surface area contributed by atoms with Crippen molar-refractivity contribution in [3.8, 4) is 23.1 Å². The van der Waals surface area contributed by atoms with Crippen LogP contribution in [0.1, 0.15) is 47.1 Å². The zero-order valence-corrected chi connectivity index (χ0v) is 20.0. The molecule has 35 heavy (non-hydrogen) atoms. The average Bonchev–Trinajstić information content (AvgIpc) is 2.88. The molecule has 3 rings (SSSR count). The van der Waals surface area contributed by atoms with E-state index in [-0.39, 0.29) is 11.1 Å². The lowest BCUT2D eigenvalue weighted by molar-refractivity contribution is 0.0846. The van der Waals surface area contributed by atoms with E-state index in [4.69, 9.17) is 18.9 Å². The predicted molar refractivity (Wildman–Crippen MR) is 130 cm³/mol. The third-order valence-electron chi connectivity index (χ3n) is 4.69. The quantitative estimate of drug-likeness (QED) is 0.401. The Balaban J connectivity index is 1.67. The van der Waals surface area contributed by atoms with Gasteiger partial charge in [0.25, 0.3) is 11.8 Å². The molecule has 0 aliphatic rings. The summed E-state index contributed by atoms with van der Waals surface area (Å²) >= 11 is 0. The summed E-state index contributed by atoms with van der Waals surface area (Å²) in [6, 6.07) is 15.7. The molecule has 0 spiro atoms. The van der Waals surface area contributed by atoms with Gasteiger partial charge in [-0.3, -0.25) is 20.4 Å². The molecule has 0 radical (unpaired) electrons. The van der Waals surface area contributed by atoms with Crippen LogP contribution in [0, 0.1) is 0 Å². The maximum Gasteiger partial charge on any atom is 0.269 e. The summed E-state index contributed by atoms with van der Waals surface area (Å²) in [5.74, 6) is 0.417. The Bertz CT molecular complexity index is 1110. The molecule has 0 bridgehead atoms. The Kier molecular flexibility index (Phi) is 9.30. The summed E-state index contributed by atoms with van der Waals surface area (Å²) < 4.78 is 22.6. The standard InChI is InChI=1S/C26H29N3O6/c1-4-32-21-14-20(15-22(33-5-2)24(21)34-6-3)26(31)29-28-25(30)19-12-13-27-23(16-19)35-17-18-10-8-7-9-11-18/h7-16H,4-6,17H2,1-3H3,(H,28,30)(H,29,31). The molecule has 9 nitrogen and oxygen atoms in total. The van der Waals surface area contributed by atoms with Crippen LogP contribution in [0.5, 0.6) is 23.1 Å². The van der Waals surface area contributed by atoms with Crippen LogP contribution in [0.3, 0.4) is 0 Å². The summed E-state index contributed by atoms with van der Waals surface area (Å²) in [5, 5.41) is 0. The van der Waals surface area contributed by atoms with E-state index in [2.05, 4.69) is 15.8 Å². The van der Waals surface area contributed by atoms with Gasteiger partial charge in [0.2, 0.25) is 11.6 Å². The van der Waals surface area contributed by atoms with Gasteiger partial charge in [-0.1, -0.05) is 30.3 Å². The second-order valence-electron chi connectivity index (χ2n) is 7.17. The highest BCUT2D eigenvalue weighted by molar-refractivity contribution is 5.99. The van der Waals surface area contributed by atoms with Crippen molar-refractivity contribution in [2.75, 3.05) is 19.8 Å². The van der Waals surface area contributed by atoms with Crippen LogP contribution < -0.4 is 29.8 Å². The van der Waals surface area contributed by atoms with Crippen LogP contribution in [-0.4, -0.2) is 36.6 Å². The fraction of sp³-hybridized carbons (Fsp3) is 0.269. The zero-order valence-electron chi connectivity index (χ0n) is 20.0. The molecule has 2 aromatic carbocycles. The lowest BCUT2D eigenvalue weighted by Gasteiger charge is -2.17. The minimum Gasteiger partial charge on any atom is -0.490 e. The van der Waals surface area contributed by atoms with E-state index in [1.807, 2.05) is 51.1 Å². The van der Waals surface area contributed by atoms with Gasteiger partial charge < -0.3 is 18.9 Å². The number of aromatic nitrogens is 1. The second kappa shape index (κ2) is 12.8. The Labute approximate surface area is 204 Å². The molecule has 0 aliphatic carbocycles. The molecule has 0 saturated carbocycles. The van der Waals surface area contributed by atoms with Crippen molar-refractivity contribution in [2.24, 2.45) is 0 Å². The number of benzene rings is 2. The largest absolute Gasteiger partial charge is 0.490 e. The molecule has 0 fully saturated rings. The summed E-state index contributed by atoms with van der Waals surface area (Å²) in [6.45, 7) is 6.99. The fourth-order valence-corrected chi connectivity index (χ4v) is 3.14. The number of carbonyl (C=O) groups is 2. The Hall–Kier alpha value is -4.27. The van der Waals surface area contributed by atoms with Crippen LogP contribution in [0.2, 0.25) is 0 Å². The molecule has 1 heterocycles. The van der Waals surface area contributed by atoms with E-state index < -0.39 is 11.8 Å². The monoisotopic (exact) mass is 479 g/mol. The lowest BCUT2D eigenvalue weighted by Crippen LogP contribution is -2.41. The highest BCUT2D eigenvalue weighted by atomic mass is 16.5. The maximum absolute atomic E-state index is 12.8. The van der Waals surface area contributed by atoms with Crippen molar-refractivity contribution in [3.05, 3.63) is 77.5 Å². The van der Waals surface area contributed by atoms with Gasteiger partial charge in [0.05, 0.1) is 19.8 Å². The number of ether oxygens (including phenoxy) is 4. The molecule has 3 aromatic rings. The smallest absolute Gasteiger partial charge is 0.269 e. The minimum absolute atomic E-state index is 0.238. The number of hydrazine groups is 1. The number of hydrogen-bond donors (Lipinski definition) is 2. The lowest BCUT2D eigenvalue weighted by atomic mass is 10.1. The number of rotatable bonds is 11. The van der Waals surface area contributed by atoms with Crippen LogP contribution >= 0.6 is 0 Å². The third-order valence-corrected chi connectivity index (χ3v) is 4.69. The SMILES string of the molecule is CCOc1cc(C(=O)NNC(=O)c2ccnc(OCc3ccccc3)c2)cc(OCC)c1OCC. The van der Waals surface area contributed by atoms with Crippen LogP contribution in [0.4, 0.5) is 0 Å². The number of hydrogen-bond acceptors (Lipinski definition) is 7. The van der Waals surface area contributed by atoms with Gasteiger partial charge in [-0.15, -0.1) is 0 Å². The minimum atomic E-state index is -0.544. The van der Waals surface area contributed by atoms with Crippen LogP contribution in [0.15, 0.2) is 60.8 Å². The van der Waals surface area contributed by atoms with Gasteiger partial charge in [-0.25, -0.2) is 4.98 Å². The van der Waals surface area contributed by atoms with Crippen molar-refractivity contribution < 1.29 is 28.5 Å². The molecule has 0 atom stereocenters. The molecule has 2 N–H and O–H groups in total. The molecule has 184 valence electrons. The Morgan fingerprint density at radius 3 is 1.94 bits per heavy atom. The Morgan fingerprint density at radius 1 is 0.743 bits per heavy atom. The molecule has 0 saturated heterocycles. The van der Waals surface area contributed by atoms with E-state index >= 15 is 0 Å². The molecular weight excluding hydrogens is 450 g/mol. The van der Waals surface area contributed by atoms with Gasteiger partial charge in [0.15, 0.2) is 11.5 Å². The summed E-state index contributed by atoms with van der Waals surface area (Å²) in [4.78, 5) is 29.5. The van der Waals surface area contributed by atoms with Crippen molar-refractivity contribution >= 4 is 11.8 Å². The first kappa shape index (κ1) is 25.4. The van der Waals surface area contributed by atoms with Crippen molar-refractivity contribution in [2.45, 2.75) is 27.4 Å². The van der Waals surface area contributed by atoms with Gasteiger partial charge in [0, 0.05) is 23.4 Å². The summed E-state index contributed by atoms with van der Waals surface area (Å²) in [5.41, 5.74) is 6.31. The average molecular weight is 480 g/mol. The van der Waals surface area contributed by atoms with Crippen molar-refractivity contribution in [1.82, 2.24) is 15.8 Å². The Morgan fingerprint density at radius 2 is 1.34 bits per heavy atom. The van der Waals surface area contributed by atoms with Crippen molar-refractivity contribution in [3.63, 3.8) is 0 Å². The second-order valence-corrected chi connectivity index (χ2v) is 7.17. The number of carbonyl (C=O) groups excluding carboxylic acids is 2. The first-order chi connectivity index (χ1) is 17.0. The first-order valence-corrected chi connectivity index (χ1v) is 11.4. The third kappa shape index (κ3) is 7.10. The van der Waals surface area contributed by atoms with Gasteiger partial charge in [-0.2, -0.15) is 0 Å². The zero-order chi connectivity index (χ0) is 25.0. The summed E-state index contributed by atoms with van der Waals surface area (Å²) in [7, 11) is 0. The summed E-state index contributed by atoms with van der Waals surface area (Å²) in [6.07, 6.45) is 1.46. The number of pyridine rings is 1. The van der Waals surface area contributed by atoms with E-state index in [0.717, 1.165) is 5.56 Å². The van der Waals surface area contributed by atoms with E-state index in [1.165, 1.54) is 18.3 Å². The normalized spacial score (nSPS) is 10.3. The van der Waals surface area contributed by atoms with Crippen molar-refractivity contribution in [1.29, 1.82) is 0 Å². The highest BCUT2D eigenvalue weighted by Crippen LogP contribution is 2.39. The van der Waals surface area contributed by atoms with E-state index in [0.29, 0.717) is 49.6 Å². The van der Waals surface area contributed by atoms with Gasteiger partial charge in [0.1, 0.15) is 6.61 Å². The molecule has 2 amide bonds. The molecule has 1 aromatic heterocycles. The molecular formula is C26H29N3O6. The van der Waals surface area contributed by atoms with E-state index in [1.54, 1.807) is 12.1 Å². The highest BCUT2D eigenvalue weighted by Gasteiger charge is 2.19. The number of amides is 2. The first-order valence-electron chi connectivity index (χ1n) is 11.4. The number of nitrogens with zero attached hydrogens (tertiary/aromatic N) is 1. The van der Waals surface area contributed by atoms with Gasteiger partial charge >= 0.3 is 0 Å². The molecule has 0 unspecified atom stereocenters. The molecule has 0 aliphatic heterocycles. The topological polar surface area (TPSA) is 108 Å². The van der Waals surface area contributed by atoms with E-state index in [9.17, 15) is 9.59 Å². The van der Waals surface area contributed by atoms with Gasteiger partial charge in [-0.05, 0) is 44.5 Å². The van der Waals surface area contributed by atoms with Crippen LogP contribution in [0.25, 0.3) is 0 Å². The number of nitrogens with one attached hydrogen (secondary N) is 2.